The fourth-order valence-electron chi connectivity index (χ4n) is 3.00. The van der Waals surface area contributed by atoms with Gasteiger partial charge in [0.15, 0.2) is 0 Å². The average Bonchev–Trinajstić information content (AvgIpc) is 3.26. The molecule has 0 aliphatic carbocycles. The van der Waals surface area contributed by atoms with Crippen LogP contribution in [-0.4, -0.2) is 14.3 Å². The van der Waals surface area contributed by atoms with Gasteiger partial charge in [0.1, 0.15) is 0 Å². The molecule has 7 heteroatoms. The summed E-state index contributed by atoms with van der Waals surface area (Å²) >= 11 is 1.48. The highest BCUT2D eigenvalue weighted by atomic mass is 32.2. The quantitative estimate of drug-likeness (QED) is 0.476. The van der Waals surface area contributed by atoms with Crippen molar-refractivity contribution < 1.29 is 13.2 Å². The Bertz CT molecular complexity index is 1260. The molecule has 29 heavy (non-hydrogen) atoms. The monoisotopic (exact) mass is 422 g/mol. The number of carbonyl (C=O) groups is 1. The summed E-state index contributed by atoms with van der Waals surface area (Å²) in [5, 5.41) is 6.71. The van der Waals surface area contributed by atoms with E-state index in [1.165, 1.54) is 23.5 Å². The highest BCUT2D eigenvalue weighted by Crippen LogP contribution is 2.24. The lowest BCUT2D eigenvalue weighted by atomic mass is 10.1. The highest BCUT2D eigenvalue weighted by Gasteiger charge is 2.17. The van der Waals surface area contributed by atoms with E-state index in [4.69, 9.17) is 0 Å². The first-order valence-electron chi connectivity index (χ1n) is 8.94. The third-order valence-electron chi connectivity index (χ3n) is 4.46. The van der Waals surface area contributed by atoms with Crippen LogP contribution in [0.3, 0.4) is 0 Å². The minimum atomic E-state index is -3.72. The largest absolute Gasteiger partial charge is 0.321 e. The van der Waals surface area contributed by atoms with E-state index < -0.39 is 10.0 Å². The summed E-state index contributed by atoms with van der Waals surface area (Å²) in [5.74, 6) is -0.364. The zero-order valence-corrected chi connectivity index (χ0v) is 17.0. The van der Waals surface area contributed by atoms with Crippen LogP contribution in [0.4, 0.5) is 5.69 Å². The molecular weight excluding hydrogens is 404 g/mol. The molecule has 146 valence electrons. The van der Waals surface area contributed by atoms with Crippen LogP contribution in [0.15, 0.2) is 89.1 Å². The van der Waals surface area contributed by atoms with Gasteiger partial charge in [0, 0.05) is 28.1 Å². The van der Waals surface area contributed by atoms with E-state index in [-0.39, 0.29) is 22.9 Å². The van der Waals surface area contributed by atoms with Crippen LogP contribution in [0.25, 0.3) is 10.8 Å². The van der Waals surface area contributed by atoms with E-state index in [0.717, 1.165) is 15.6 Å². The molecule has 3 aromatic carbocycles. The van der Waals surface area contributed by atoms with Crippen LogP contribution in [0.2, 0.25) is 0 Å². The molecule has 0 saturated carbocycles. The molecular formula is C22H18N2O3S2. The number of amides is 1. The van der Waals surface area contributed by atoms with E-state index in [1.807, 2.05) is 60.0 Å². The lowest BCUT2D eigenvalue weighted by Gasteiger charge is -2.10. The van der Waals surface area contributed by atoms with Crippen LogP contribution in [0, 0.1) is 0 Å². The van der Waals surface area contributed by atoms with Crippen molar-refractivity contribution in [2.45, 2.75) is 11.4 Å². The van der Waals surface area contributed by atoms with E-state index >= 15 is 0 Å². The molecule has 4 rings (SSSR count). The maximum atomic E-state index is 12.8. The van der Waals surface area contributed by atoms with Crippen LogP contribution < -0.4 is 10.0 Å². The first-order valence-corrected chi connectivity index (χ1v) is 11.3. The fourth-order valence-corrected chi connectivity index (χ4v) is 4.78. The molecule has 2 N–H and O–H groups in total. The van der Waals surface area contributed by atoms with Crippen LogP contribution in [0.5, 0.6) is 0 Å². The second-order valence-electron chi connectivity index (χ2n) is 6.41. The topological polar surface area (TPSA) is 75.3 Å². The van der Waals surface area contributed by atoms with E-state index in [2.05, 4.69) is 10.0 Å². The minimum absolute atomic E-state index is 0.0552. The summed E-state index contributed by atoms with van der Waals surface area (Å²) in [6.07, 6.45) is 0. The Morgan fingerprint density at radius 3 is 2.52 bits per heavy atom. The summed E-state index contributed by atoms with van der Waals surface area (Å²) in [6, 6.07) is 23.2. The van der Waals surface area contributed by atoms with Crippen molar-refractivity contribution in [3.05, 3.63) is 94.7 Å². The number of thiophene rings is 1. The maximum absolute atomic E-state index is 12.8. The SMILES string of the molecule is O=C(Nc1cccc2ccccc12)c1cccc(S(=O)(=O)NCc2cccs2)c1. The normalized spacial score (nSPS) is 11.4. The molecule has 0 aliphatic heterocycles. The number of hydrogen-bond acceptors (Lipinski definition) is 4. The van der Waals surface area contributed by atoms with Gasteiger partial charge in [-0.25, -0.2) is 13.1 Å². The Hall–Kier alpha value is -3.00. The van der Waals surface area contributed by atoms with Gasteiger partial charge in [-0.05, 0) is 41.1 Å². The van der Waals surface area contributed by atoms with Crippen molar-refractivity contribution in [3.8, 4) is 0 Å². The number of benzene rings is 3. The predicted octanol–water partition coefficient (Wildman–Crippen LogP) is 4.63. The summed E-state index contributed by atoms with van der Waals surface area (Å²) in [6.45, 7) is 0.215. The molecule has 1 amide bonds. The Morgan fingerprint density at radius 1 is 0.897 bits per heavy atom. The third-order valence-corrected chi connectivity index (χ3v) is 6.74. The zero-order chi connectivity index (χ0) is 20.3. The molecule has 1 heterocycles. The number of hydrogen-bond donors (Lipinski definition) is 2. The average molecular weight is 423 g/mol. The van der Waals surface area contributed by atoms with E-state index in [0.29, 0.717) is 5.69 Å². The molecule has 1 aromatic heterocycles. The fraction of sp³-hybridized carbons (Fsp3) is 0.0455. The lowest BCUT2D eigenvalue weighted by Crippen LogP contribution is -2.23. The second kappa shape index (κ2) is 8.16. The number of fused-ring (bicyclic) bond motifs is 1. The Labute approximate surface area is 173 Å². The Balaban J connectivity index is 1.55. The van der Waals surface area contributed by atoms with Crippen LogP contribution in [0.1, 0.15) is 15.2 Å². The molecule has 5 nitrogen and oxygen atoms in total. The summed E-state index contributed by atoms with van der Waals surface area (Å²) in [5.41, 5.74) is 0.953. The standard InChI is InChI=1S/C22H18N2O3S2/c25-22(24-21-12-4-7-16-6-1-2-11-20(16)21)17-8-3-10-19(14-17)29(26,27)23-15-18-9-5-13-28-18/h1-14,23H,15H2,(H,24,25). The Morgan fingerprint density at radius 2 is 1.69 bits per heavy atom. The van der Waals surface area contributed by atoms with Crippen molar-refractivity contribution in [1.82, 2.24) is 4.72 Å². The molecule has 0 fully saturated rings. The van der Waals surface area contributed by atoms with Crippen LogP contribution in [-0.2, 0) is 16.6 Å². The van der Waals surface area contributed by atoms with Crippen molar-refractivity contribution in [2.24, 2.45) is 0 Å². The zero-order valence-electron chi connectivity index (χ0n) is 15.3. The molecule has 0 spiro atoms. The van der Waals surface area contributed by atoms with Gasteiger partial charge >= 0.3 is 0 Å². The van der Waals surface area contributed by atoms with Crippen molar-refractivity contribution in [1.29, 1.82) is 0 Å². The van der Waals surface area contributed by atoms with E-state index in [9.17, 15) is 13.2 Å². The molecule has 0 saturated heterocycles. The number of sulfonamides is 1. The number of nitrogens with one attached hydrogen (secondary N) is 2. The van der Waals surface area contributed by atoms with Gasteiger partial charge in [0.2, 0.25) is 10.0 Å². The third kappa shape index (κ3) is 4.37. The molecule has 0 unspecified atom stereocenters. The number of anilines is 1. The predicted molar refractivity (Wildman–Crippen MR) is 117 cm³/mol. The smallest absolute Gasteiger partial charge is 0.255 e. The number of rotatable bonds is 6. The van der Waals surface area contributed by atoms with Gasteiger partial charge in [-0.2, -0.15) is 0 Å². The summed E-state index contributed by atoms with van der Waals surface area (Å²) in [7, 11) is -3.72. The maximum Gasteiger partial charge on any atom is 0.255 e. The van der Waals surface area contributed by atoms with Crippen molar-refractivity contribution in [2.75, 3.05) is 5.32 Å². The molecule has 0 bridgehead atoms. The van der Waals surface area contributed by atoms with Gasteiger partial charge in [-0.1, -0.05) is 48.5 Å². The van der Waals surface area contributed by atoms with Gasteiger partial charge in [0.05, 0.1) is 4.90 Å². The second-order valence-corrected chi connectivity index (χ2v) is 9.21. The van der Waals surface area contributed by atoms with Gasteiger partial charge < -0.3 is 5.32 Å². The van der Waals surface area contributed by atoms with Crippen molar-refractivity contribution >= 4 is 43.7 Å². The first-order chi connectivity index (χ1) is 14.0. The summed E-state index contributed by atoms with van der Waals surface area (Å²) < 4.78 is 27.8. The van der Waals surface area contributed by atoms with Gasteiger partial charge in [-0.3, -0.25) is 4.79 Å². The molecule has 0 atom stereocenters. The molecule has 0 radical (unpaired) electrons. The Kier molecular flexibility index (Phi) is 5.44. The van der Waals surface area contributed by atoms with Crippen LogP contribution >= 0.6 is 11.3 Å². The molecule has 4 aromatic rings. The summed E-state index contributed by atoms with van der Waals surface area (Å²) in [4.78, 5) is 13.7. The number of carbonyl (C=O) groups excluding carboxylic acids is 1. The molecule has 0 aliphatic rings. The van der Waals surface area contributed by atoms with Gasteiger partial charge in [0.25, 0.3) is 5.91 Å². The van der Waals surface area contributed by atoms with Crippen molar-refractivity contribution in [3.63, 3.8) is 0 Å². The lowest BCUT2D eigenvalue weighted by molar-refractivity contribution is 0.102. The first kappa shape index (κ1) is 19.3. The van der Waals surface area contributed by atoms with Gasteiger partial charge in [-0.15, -0.1) is 11.3 Å². The highest BCUT2D eigenvalue weighted by molar-refractivity contribution is 7.89. The minimum Gasteiger partial charge on any atom is -0.321 e. The van der Waals surface area contributed by atoms with E-state index in [1.54, 1.807) is 12.1 Å².